The summed E-state index contributed by atoms with van der Waals surface area (Å²) in [6.07, 6.45) is 0. The quantitative estimate of drug-likeness (QED) is 0.735. The largest absolute Gasteiger partial charge is 0.431 e. The van der Waals surface area contributed by atoms with E-state index in [0.717, 1.165) is 10.2 Å². The number of urea groups is 1. The topological polar surface area (TPSA) is 63.2 Å². The average Bonchev–Trinajstić information content (AvgIpc) is 2.90. The Hall–Kier alpha value is -2.60. The van der Waals surface area contributed by atoms with Crippen molar-refractivity contribution in [1.29, 1.82) is 0 Å². The second-order valence-corrected chi connectivity index (χ2v) is 6.32. The van der Waals surface area contributed by atoms with Gasteiger partial charge < -0.3 is 15.4 Å². The van der Waals surface area contributed by atoms with E-state index in [9.17, 15) is 4.79 Å². The molecule has 2 amide bonds. The summed E-state index contributed by atoms with van der Waals surface area (Å²) < 4.78 is 6.86. The lowest BCUT2D eigenvalue weighted by Crippen LogP contribution is -2.34. The van der Waals surface area contributed by atoms with Crippen molar-refractivity contribution in [1.82, 2.24) is 10.3 Å². The number of aromatic nitrogens is 1. The molecule has 3 aromatic rings. The third-order valence-corrected chi connectivity index (χ3v) is 3.93. The number of para-hydroxylation sites is 1. The number of hydrogen-bond donors (Lipinski definition) is 2. The molecule has 3 rings (SSSR count). The van der Waals surface area contributed by atoms with E-state index in [1.54, 1.807) is 24.3 Å². The molecule has 1 heterocycles. The number of hydrogen-bond acceptors (Lipinski definition) is 4. The first-order valence-corrected chi connectivity index (χ1v) is 8.13. The maximum absolute atomic E-state index is 11.6. The number of fused-ring (bicyclic) bond motifs is 1. The van der Waals surface area contributed by atoms with E-state index in [1.165, 1.54) is 11.3 Å². The Morgan fingerprint density at radius 3 is 2.57 bits per heavy atom. The molecular weight excluding hydrogens is 310 g/mol. The van der Waals surface area contributed by atoms with E-state index in [-0.39, 0.29) is 12.1 Å². The third-order valence-electron chi connectivity index (χ3n) is 3.01. The van der Waals surface area contributed by atoms with Crippen molar-refractivity contribution in [2.24, 2.45) is 0 Å². The van der Waals surface area contributed by atoms with Crippen molar-refractivity contribution in [2.75, 3.05) is 5.32 Å². The second kappa shape index (κ2) is 6.66. The molecular formula is C17H17N3O2S. The molecule has 0 spiro atoms. The van der Waals surface area contributed by atoms with E-state index in [2.05, 4.69) is 15.6 Å². The van der Waals surface area contributed by atoms with Gasteiger partial charge in [0, 0.05) is 11.7 Å². The van der Waals surface area contributed by atoms with Crippen LogP contribution in [0.4, 0.5) is 10.5 Å². The Labute approximate surface area is 138 Å². The van der Waals surface area contributed by atoms with Gasteiger partial charge in [-0.05, 0) is 50.2 Å². The van der Waals surface area contributed by atoms with E-state index in [4.69, 9.17) is 4.74 Å². The zero-order valence-electron chi connectivity index (χ0n) is 12.9. The van der Waals surface area contributed by atoms with Gasteiger partial charge in [0.1, 0.15) is 5.75 Å². The van der Waals surface area contributed by atoms with Crippen molar-refractivity contribution in [3.05, 3.63) is 48.5 Å². The van der Waals surface area contributed by atoms with Gasteiger partial charge in [-0.1, -0.05) is 23.5 Å². The highest BCUT2D eigenvalue weighted by molar-refractivity contribution is 7.20. The van der Waals surface area contributed by atoms with Crippen LogP contribution in [0.2, 0.25) is 0 Å². The van der Waals surface area contributed by atoms with Crippen molar-refractivity contribution >= 4 is 33.3 Å². The normalized spacial score (nSPS) is 10.7. The zero-order chi connectivity index (χ0) is 16.2. The van der Waals surface area contributed by atoms with Crippen molar-refractivity contribution < 1.29 is 9.53 Å². The Morgan fingerprint density at radius 2 is 1.87 bits per heavy atom. The summed E-state index contributed by atoms with van der Waals surface area (Å²) in [4.78, 5) is 16.1. The molecule has 1 aromatic heterocycles. The molecule has 0 aliphatic heterocycles. The molecule has 2 N–H and O–H groups in total. The van der Waals surface area contributed by atoms with Crippen LogP contribution in [0.3, 0.4) is 0 Å². The SMILES string of the molecule is CC(C)NC(=O)Nc1ccc(Oc2nc3ccccc3s2)cc1. The lowest BCUT2D eigenvalue weighted by atomic mass is 10.3. The second-order valence-electron chi connectivity index (χ2n) is 5.33. The summed E-state index contributed by atoms with van der Waals surface area (Å²) in [6, 6.07) is 15.0. The standard InChI is InChI=1S/C17H17N3O2S/c1-11(2)18-16(21)19-12-7-9-13(10-8-12)22-17-20-14-5-3-4-6-15(14)23-17/h3-11H,1-2H3,(H2,18,19,21). The number of rotatable bonds is 4. The Kier molecular flexibility index (Phi) is 4.43. The minimum absolute atomic E-state index is 0.0941. The average molecular weight is 327 g/mol. The summed E-state index contributed by atoms with van der Waals surface area (Å²) >= 11 is 1.50. The van der Waals surface area contributed by atoms with Gasteiger partial charge in [0.05, 0.1) is 10.2 Å². The van der Waals surface area contributed by atoms with Crippen LogP contribution in [-0.2, 0) is 0 Å². The van der Waals surface area contributed by atoms with E-state index >= 15 is 0 Å². The molecule has 0 atom stereocenters. The van der Waals surface area contributed by atoms with Crippen LogP contribution in [0.15, 0.2) is 48.5 Å². The van der Waals surface area contributed by atoms with Crippen LogP contribution >= 0.6 is 11.3 Å². The van der Waals surface area contributed by atoms with E-state index in [1.807, 2.05) is 38.1 Å². The number of thiazole rings is 1. The van der Waals surface area contributed by atoms with Gasteiger partial charge in [-0.15, -0.1) is 0 Å². The number of carbonyl (C=O) groups excluding carboxylic acids is 1. The number of anilines is 1. The summed E-state index contributed by atoms with van der Waals surface area (Å²) in [6.45, 7) is 3.82. The number of ether oxygens (including phenoxy) is 1. The maximum atomic E-state index is 11.6. The fourth-order valence-electron chi connectivity index (χ4n) is 2.03. The third kappa shape index (κ3) is 3.98. The molecule has 0 aliphatic carbocycles. The van der Waals surface area contributed by atoms with Crippen LogP contribution < -0.4 is 15.4 Å². The van der Waals surface area contributed by atoms with Gasteiger partial charge >= 0.3 is 6.03 Å². The van der Waals surface area contributed by atoms with Crippen molar-refractivity contribution in [2.45, 2.75) is 19.9 Å². The van der Waals surface area contributed by atoms with Gasteiger partial charge in [-0.25, -0.2) is 9.78 Å². The number of carbonyl (C=O) groups is 1. The van der Waals surface area contributed by atoms with E-state index in [0.29, 0.717) is 16.6 Å². The Morgan fingerprint density at radius 1 is 1.13 bits per heavy atom. The minimum Gasteiger partial charge on any atom is -0.431 e. The van der Waals surface area contributed by atoms with Crippen LogP contribution in [0.25, 0.3) is 10.2 Å². The molecule has 6 heteroatoms. The highest BCUT2D eigenvalue weighted by Gasteiger charge is 2.06. The van der Waals surface area contributed by atoms with Gasteiger partial charge in [0.15, 0.2) is 0 Å². The first kappa shape index (κ1) is 15.3. The van der Waals surface area contributed by atoms with Gasteiger partial charge in [0.2, 0.25) is 0 Å². The molecule has 0 unspecified atom stereocenters. The first-order valence-electron chi connectivity index (χ1n) is 7.31. The lowest BCUT2D eigenvalue weighted by molar-refractivity contribution is 0.250. The number of nitrogens with one attached hydrogen (secondary N) is 2. The molecule has 118 valence electrons. The first-order chi connectivity index (χ1) is 11.1. The smallest absolute Gasteiger partial charge is 0.319 e. The molecule has 0 aliphatic rings. The number of benzene rings is 2. The summed E-state index contributed by atoms with van der Waals surface area (Å²) in [5, 5.41) is 6.14. The van der Waals surface area contributed by atoms with E-state index < -0.39 is 0 Å². The zero-order valence-corrected chi connectivity index (χ0v) is 13.7. The van der Waals surface area contributed by atoms with Gasteiger partial charge in [-0.3, -0.25) is 0 Å². The van der Waals surface area contributed by atoms with Crippen LogP contribution in [0, 0.1) is 0 Å². The minimum atomic E-state index is -0.222. The monoisotopic (exact) mass is 327 g/mol. The van der Waals surface area contributed by atoms with Crippen LogP contribution in [0.1, 0.15) is 13.8 Å². The Balaban J connectivity index is 1.66. The molecule has 0 fully saturated rings. The lowest BCUT2D eigenvalue weighted by Gasteiger charge is -2.10. The van der Waals surface area contributed by atoms with Gasteiger partial charge in [-0.2, -0.15) is 0 Å². The maximum Gasteiger partial charge on any atom is 0.319 e. The number of nitrogens with zero attached hydrogens (tertiary/aromatic N) is 1. The fraction of sp³-hybridized carbons (Fsp3) is 0.176. The summed E-state index contributed by atoms with van der Waals surface area (Å²) in [5.41, 5.74) is 1.64. The van der Waals surface area contributed by atoms with Crippen molar-refractivity contribution in [3.8, 4) is 10.9 Å². The predicted octanol–water partition coefficient (Wildman–Crippen LogP) is 4.62. The Bertz CT molecular complexity index is 779. The predicted molar refractivity (Wildman–Crippen MR) is 93.4 cm³/mol. The summed E-state index contributed by atoms with van der Waals surface area (Å²) in [5.74, 6) is 0.680. The van der Waals surface area contributed by atoms with Crippen molar-refractivity contribution in [3.63, 3.8) is 0 Å². The summed E-state index contributed by atoms with van der Waals surface area (Å²) in [7, 11) is 0. The molecule has 0 saturated carbocycles. The number of amides is 2. The molecule has 0 radical (unpaired) electrons. The molecule has 0 saturated heterocycles. The fourth-order valence-corrected chi connectivity index (χ4v) is 2.87. The van der Waals surface area contributed by atoms with Crippen LogP contribution in [0.5, 0.6) is 10.9 Å². The van der Waals surface area contributed by atoms with Crippen LogP contribution in [-0.4, -0.2) is 17.1 Å². The highest BCUT2D eigenvalue weighted by atomic mass is 32.1. The molecule has 0 bridgehead atoms. The molecule has 2 aromatic carbocycles. The van der Waals surface area contributed by atoms with Gasteiger partial charge in [0.25, 0.3) is 5.19 Å². The molecule has 23 heavy (non-hydrogen) atoms. The molecule has 5 nitrogen and oxygen atoms in total. The highest BCUT2D eigenvalue weighted by Crippen LogP contribution is 2.31.